The van der Waals surface area contributed by atoms with Crippen molar-refractivity contribution in [1.29, 1.82) is 0 Å². The average molecular weight is 292 g/mol. The maximum atomic E-state index is 13.7. The number of hydrogen-bond donors (Lipinski definition) is 2. The molecule has 2 aromatic carbocycles. The molecule has 0 fully saturated rings. The summed E-state index contributed by atoms with van der Waals surface area (Å²) >= 11 is 5.89. The van der Waals surface area contributed by atoms with E-state index in [1.165, 1.54) is 24.3 Å². The topological polar surface area (TPSA) is 63.3 Å². The van der Waals surface area contributed by atoms with Crippen LogP contribution < -0.4 is 5.73 Å². The highest BCUT2D eigenvalue weighted by atomic mass is 35.5. The van der Waals surface area contributed by atoms with Crippen LogP contribution in [0.15, 0.2) is 42.5 Å². The molecular weight excluding hydrogens is 281 g/mol. The molecule has 2 rings (SSSR count). The molecule has 0 saturated carbocycles. The maximum absolute atomic E-state index is 13.7. The van der Waals surface area contributed by atoms with Crippen LogP contribution in [-0.4, -0.2) is 11.1 Å². The summed E-state index contributed by atoms with van der Waals surface area (Å²) in [5.41, 5.74) is 6.48. The highest BCUT2D eigenvalue weighted by molar-refractivity contribution is 6.33. The smallest absolute Gasteiger partial charge is 0.336 e. The fraction of sp³-hybridized carbons (Fsp3) is 0. The molecule has 0 atom stereocenters. The van der Waals surface area contributed by atoms with Gasteiger partial charge in [-0.2, -0.15) is 0 Å². The second-order valence-corrected chi connectivity index (χ2v) is 4.53. The van der Waals surface area contributed by atoms with E-state index in [2.05, 4.69) is 0 Å². The number of carbonyl (C=O) groups is 1. The largest absolute Gasteiger partial charge is 0.478 e. The van der Waals surface area contributed by atoms with Gasteiger partial charge >= 0.3 is 5.97 Å². The van der Waals surface area contributed by atoms with Crippen LogP contribution in [-0.2, 0) is 4.79 Å². The van der Waals surface area contributed by atoms with Crippen molar-refractivity contribution in [3.63, 3.8) is 0 Å². The van der Waals surface area contributed by atoms with E-state index in [-0.39, 0.29) is 16.2 Å². The summed E-state index contributed by atoms with van der Waals surface area (Å²) in [5.74, 6) is -1.75. The molecule has 102 valence electrons. The van der Waals surface area contributed by atoms with Gasteiger partial charge in [0.25, 0.3) is 0 Å². The van der Waals surface area contributed by atoms with Crippen molar-refractivity contribution < 1.29 is 14.3 Å². The summed E-state index contributed by atoms with van der Waals surface area (Å²) in [6.45, 7) is 0. The second-order valence-electron chi connectivity index (χ2n) is 4.12. The number of nitrogen functional groups attached to an aromatic ring is 1. The Bertz CT molecular complexity index is 661. The van der Waals surface area contributed by atoms with E-state index in [4.69, 9.17) is 17.3 Å². The lowest BCUT2D eigenvalue weighted by Crippen LogP contribution is -2.00. The van der Waals surface area contributed by atoms with Gasteiger partial charge in [0.2, 0.25) is 0 Å². The predicted molar refractivity (Wildman–Crippen MR) is 77.8 cm³/mol. The molecule has 5 heteroatoms. The van der Waals surface area contributed by atoms with Crippen LogP contribution in [0.1, 0.15) is 11.1 Å². The zero-order valence-corrected chi connectivity index (χ0v) is 11.1. The Morgan fingerprint density at radius 1 is 1.20 bits per heavy atom. The number of rotatable bonds is 3. The van der Waals surface area contributed by atoms with Crippen LogP contribution >= 0.6 is 11.6 Å². The predicted octanol–water partition coefficient (Wildman–Crippen LogP) is 3.69. The zero-order valence-electron chi connectivity index (χ0n) is 10.3. The fourth-order valence-electron chi connectivity index (χ4n) is 1.72. The van der Waals surface area contributed by atoms with Crippen LogP contribution in [0.3, 0.4) is 0 Å². The van der Waals surface area contributed by atoms with Crippen molar-refractivity contribution in [1.82, 2.24) is 0 Å². The number of carboxylic acids is 1. The van der Waals surface area contributed by atoms with E-state index in [0.717, 1.165) is 0 Å². The molecule has 0 bridgehead atoms. The molecule has 0 heterocycles. The summed E-state index contributed by atoms with van der Waals surface area (Å²) in [5, 5.41) is 9.43. The third-order valence-corrected chi connectivity index (χ3v) is 3.07. The van der Waals surface area contributed by atoms with E-state index >= 15 is 0 Å². The molecule has 0 aliphatic carbocycles. The van der Waals surface area contributed by atoms with E-state index in [1.807, 2.05) is 0 Å². The standard InChI is InChI=1S/C15H11ClFNO2/c16-13-2-1-3-14(17)12(13)8-11(15(19)20)9-4-6-10(18)7-5-9/h1-8H,18H2,(H,19,20)/b11-8-. The van der Waals surface area contributed by atoms with Crippen molar-refractivity contribution in [3.05, 3.63) is 64.4 Å². The minimum atomic E-state index is -1.17. The third-order valence-electron chi connectivity index (χ3n) is 2.74. The van der Waals surface area contributed by atoms with Gasteiger partial charge in [-0.05, 0) is 35.9 Å². The summed E-state index contributed by atoms with van der Waals surface area (Å²) in [7, 11) is 0. The van der Waals surface area contributed by atoms with Crippen molar-refractivity contribution in [3.8, 4) is 0 Å². The van der Waals surface area contributed by atoms with Gasteiger partial charge in [-0.25, -0.2) is 9.18 Å². The van der Waals surface area contributed by atoms with E-state index in [0.29, 0.717) is 11.3 Å². The maximum Gasteiger partial charge on any atom is 0.336 e. The number of anilines is 1. The van der Waals surface area contributed by atoms with Crippen molar-refractivity contribution in [2.45, 2.75) is 0 Å². The first-order valence-electron chi connectivity index (χ1n) is 5.74. The van der Waals surface area contributed by atoms with Crippen LogP contribution in [0.5, 0.6) is 0 Å². The average Bonchev–Trinajstić information content (AvgIpc) is 2.39. The van der Waals surface area contributed by atoms with Gasteiger partial charge in [0.1, 0.15) is 5.82 Å². The molecule has 2 aromatic rings. The summed E-state index contributed by atoms with van der Waals surface area (Å²) in [4.78, 5) is 11.3. The number of benzene rings is 2. The Balaban J connectivity index is 2.56. The normalized spacial score (nSPS) is 11.4. The minimum Gasteiger partial charge on any atom is -0.478 e. The van der Waals surface area contributed by atoms with Crippen molar-refractivity contribution in [2.75, 3.05) is 5.73 Å². The Labute approximate surface area is 120 Å². The summed E-state index contributed by atoms with van der Waals surface area (Å²) in [6, 6.07) is 10.5. The Morgan fingerprint density at radius 3 is 2.40 bits per heavy atom. The lowest BCUT2D eigenvalue weighted by Gasteiger charge is -2.06. The number of hydrogen-bond acceptors (Lipinski definition) is 2. The Kier molecular flexibility index (Phi) is 4.05. The van der Waals surface area contributed by atoms with Crippen LogP contribution in [0.25, 0.3) is 11.6 Å². The highest BCUT2D eigenvalue weighted by Gasteiger charge is 2.13. The molecule has 0 radical (unpaired) electrons. The number of aliphatic carboxylic acids is 1. The van der Waals surface area contributed by atoms with Crippen molar-refractivity contribution in [2.24, 2.45) is 0 Å². The number of nitrogens with two attached hydrogens (primary N) is 1. The minimum absolute atomic E-state index is 0.0448. The van der Waals surface area contributed by atoms with Gasteiger partial charge in [-0.15, -0.1) is 0 Å². The molecule has 0 aromatic heterocycles. The van der Waals surface area contributed by atoms with Crippen molar-refractivity contribution >= 4 is 34.9 Å². The van der Waals surface area contributed by atoms with Gasteiger partial charge in [-0.3, -0.25) is 0 Å². The SMILES string of the molecule is Nc1ccc(/C(=C/c2c(F)cccc2Cl)C(=O)O)cc1. The van der Waals surface area contributed by atoms with Crippen LogP contribution in [0, 0.1) is 5.82 Å². The Hall–Kier alpha value is -2.33. The van der Waals surface area contributed by atoms with Crippen LogP contribution in [0.2, 0.25) is 5.02 Å². The van der Waals surface area contributed by atoms with Gasteiger partial charge in [0.05, 0.1) is 10.6 Å². The first-order chi connectivity index (χ1) is 9.49. The molecule has 3 N–H and O–H groups in total. The van der Waals surface area contributed by atoms with E-state index < -0.39 is 11.8 Å². The molecule has 3 nitrogen and oxygen atoms in total. The van der Waals surface area contributed by atoms with Gasteiger partial charge < -0.3 is 10.8 Å². The molecule has 0 spiro atoms. The van der Waals surface area contributed by atoms with E-state index in [1.54, 1.807) is 24.3 Å². The van der Waals surface area contributed by atoms with Gasteiger partial charge in [0, 0.05) is 11.3 Å². The zero-order chi connectivity index (χ0) is 14.7. The van der Waals surface area contributed by atoms with Gasteiger partial charge in [-0.1, -0.05) is 29.8 Å². The first kappa shape index (κ1) is 14.1. The second kappa shape index (κ2) is 5.75. The van der Waals surface area contributed by atoms with Crippen LogP contribution in [0.4, 0.5) is 10.1 Å². The third kappa shape index (κ3) is 2.97. The monoisotopic (exact) mass is 291 g/mol. The molecule has 0 aliphatic heterocycles. The molecular formula is C15H11ClFNO2. The lowest BCUT2D eigenvalue weighted by atomic mass is 10.0. The molecule has 0 aliphatic rings. The number of carboxylic acid groups (broad SMARTS) is 1. The fourth-order valence-corrected chi connectivity index (χ4v) is 1.94. The van der Waals surface area contributed by atoms with Gasteiger partial charge in [0.15, 0.2) is 0 Å². The summed E-state index contributed by atoms with van der Waals surface area (Å²) < 4.78 is 13.7. The highest BCUT2D eigenvalue weighted by Crippen LogP contribution is 2.26. The lowest BCUT2D eigenvalue weighted by molar-refractivity contribution is -0.130. The number of halogens is 2. The van der Waals surface area contributed by atoms with E-state index in [9.17, 15) is 14.3 Å². The molecule has 20 heavy (non-hydrogen) atoms. The molecule has 0 saturated heterocycles. The Morgan fingerprint density at radius 2 is 1.85 bits per heavy atom. The molecule has 0 unspecified atom stereocenters. The quantitative estimate of drug-likeness (QED) is 0.515. The molecule has 0 amide bonds. The summed E-state index contributed by atoms with van der Waals surface area (Å²) in [6.07, 6.45) is 1.21. The first-order valence-corrected chi connectivity index (χ1v) is 6.12.